The first-order valence-electron chi connectivity index (χ1n) is 4.51. The lowest BCUT2D eigenvalue weighted by Gasteiger charge is -2.07. The summed E-state index contributed by atoms with van der Waals surface area (Å²) in [6.45, 7) is 0. The minimum atomic E-state index is -1.06. The number of hydrogen-bond acceptors (Lipinski definition) is 3. The highest BCUT2D eigenvalue weighted by molar-refractivity contribution is 7.98. The molecular weight excluding hydrogens is 253 g/mol. The fraction of sp³-hybridized carbons (Fsp3) is 0.300. The number of halogens is 2. The molecule has 3 N–H and O–H groups in total. The highest BCUT2D eigenvalue weighted by atomic mass is 35.5. The lowest BCUT2D eigenvalue weighted by atomic mass is 10.2. The lowest BCUT2D eigenvalue weighted by molar-refractivity contribution is -0.137. The zero-order valence-electron chi connectivity index (χ0n) is 8.32. The molecule has 0 amide bonds. The van der Waals surface area contributed by atoms with Crippen LogP contribution in [0.5, 0.6) is 0 Å². The smallest absolute Gasteiger partial charge is 0.321 e. The van der Waals surface area contributed by atoms with E-state index in [4.69, 9.17) is 22.4 Å². The summed E-state index contributed by atoms with van der Waals surface area (Å²) in [7, 11) is 0. The standard InChI is InChI=1S/C10H11ClFNO2S/c11-7-2-1-3-8(12)6(7)4-16-5-9(13)10(14)15/h1-3,9H,4-5,13H2,(H,14,15). The summed E-state index contributed by atoms with van der Waals surface area (Å²) in [4.78, 5) is 10.4. The molecule has 0 aromatic heterocycles. The number of carbonyl (C=O) groups is 1. The minimum Gasteiger partial charge on any atom is -0.480 e. The zero-order chi connectivity index (χ0) is 12.1. The topological polar surface area (TPSA) is 63.3 Å². The number of hydrogen-bond donors (Lipinski definition) is 2. The summed E-state index contributed by atoms with van der Waals surface area (Å²) >= 11 is 7.05. The van der Waals surface area contributed by atoms with Crippen molar-refractivity contribution in [3.63, 3.8) is 0 Å². The lowest BCUT2D eigenvalue weighted by Crippen LogP contribution is -2.32. The molecule has 1 rings (SSSR count). The second kappa shape index (κ2) is 6.08. The predicted octanol–water partition coefficient (Wildman–Crippen LogP) is 2.12. The van der Waals surface area contributed by atoms with Crippen molar-refractivity contribution < 1.29 is 14.3 Å². The van der Waals surface area contributed by atoms with Gasteiger partial charge in [-0.05, 0) is 12.1 Å². The average Bonchev–Trinajstić information content (AvgIpc) is 2.22. The third-order valence-corrected chi connectivity index (χ3v) is 3.36. The van der Waals surface area contributed by atoms with Gasteiger partial charge in [-0.15, -0.1) is 0 Å². The third-order valence-electron chi connectivity index (χ3n) is 1.92. The van der Waals surface area contributed by atoms with E-state index < -0.39 is 12.0 Å². The first-order chi connectivity index (χ1) is 7.52. The first kappa shape index (κ1) is 13.3. The molecule has 16 heavy (non-hydrogen) atoms. The van der Waals surface area contributed by atoms with Gasteiger partial charge in [-0.2, -0.15) is 11.8 Å². The summed E-state index contributed by atoms with van der Waals surface area (Å²) in [5, 5.41) is 8.89. The minimum absolute atomic E-state index is 0.222. The van der Waals surface area contributed by atoms with Crippen molar-refractivity contribution in [3.05, 3.63) is 34.6 Å². The van der Waals surface area contributed by atoms with Crippen molar-refractivity contribution in [2.45, 2.75) is 11.8 Å². The van der Waals surface area contributed by atoms with E-state index in [9.17, 15) is 9.18 Å². The molecule has 1 aromatic carbocycles. The van der Waals surface area contributed by atoms with Gasteiger partial charge in [0.05, 0.1) is 0 Å². The Kier molecular flexibility index (Phi) is 5.05. The van der Waals surface area contributed by atoms with Gasteiger partial charge in [0.15, 0.2) is 0 Å². The molecule has 0 saturated heterocycles. The maximum Gasteiger partial charge on any atom is 0.321 e. The normalized spacial score (nSPS) is 12.4. The van der Waals surface area contributed by atoms with Gasteiger partial charge in [0.1, 0.15) is 11.9 Å². The van der Waals surface area contributed by atoms with Crippen LogP contribution in [0, 0.1) is 5.82 Å². The Hall–Kier alpha value is -0.780. The molecule has 0 fully saturated rings. The SMILES string of the molecule is NC(CSCc1c(F)cccc1Cl)C(=O)O. The molecule has 6 heteroatoms. The van der Waals surface area contributed by atoms with Gasteiger partial charge < -0.3 is 10.8 Å². The largest absolute Gasteiger partial charge is 0.480 e. The van der Waals surface area contributed by atoms with Crippen LogP contribution in [-0.2, 0) is 10.5 Å². The third kappa shape index (κ3) is 3.66. The molecule has 0 bridgehead atoms. The van der Waals surface area contributed by atoms with Crippen molar-refractivity contribution in [3.8, 4) is 0 Å². The Labute approximate surface area is 102 Å². The number of carboxylic acids is 1. The molecule has 0 aliphatic rings. The number of benzene rings is 1. The molecule has 0 heterocycles. The molecule has 0 saturated carbocycles. The van der Waals surface area contributed by atoms with Crippen LogP contribution < -0.4 is 5.73 Å². The number of rotatable bonds is 5. The van der Waals surface area contributed by atoms with Crippen LogP contribution in [0.2, 0.25) is 5.02 Å². The van der Waals surface area contributed by atoms with E-state index in [1.54, 1.807) is 6.07 Å². The van der Waals surface area contributed by atoms with Crippen LogP contribution in [0.25, 0.3) is 0 Å². The van der Waals surface area contributed by atoms with Crippen LogP contribution >= 0.6 is 23.4 Å². The van der Waals surface area contributed by atoms with Crippen LogP contribution in [0.3, 0.4) is 0 Å². The van der Waals surface area contributed by atoms with Crippen molar-refractivity contribution in [2.24, 2.45) is 5.73 Å². The van der Waals surface area contributed by atoms with E-state index in [2.05, 4.69) is 0 Å². The van der Waals surface area contributed by atoms with Crippen molar-refractivity contribution in [1.82, 2.24) is 0 Å². The molecule has 1 aromatic rings. The summed E-state index contributed by atoms with van der Waals surface area (Å²) in [6.07, 6.45) is 0. The average molecular weight is 264 g/mol. The van der Waals surface area contributed by atoms with E-state index in [0.29, 0.717) is 16.3 Å². The summed E-state index contributed by atoms with van der Waals surface area (Å²) in [5.74, 6) is -0.914. The van der Waals surface area contributed by atoms with Crippen LogP contribution in [-0.4, -0.2) is 22.9 Å². The van der Waals surface area contributed by atoms with E-state index in [-0.39, 0.29) is 11.6 Å². The van der Waals surface area contributed by atoms with E-state index in [0.717, 1.165) is 0 Å². The molecule has 3 nitrogen and oxygen atoms in total. The maximum absolute atomic E-state index is 13.3. The summed E-state index contributed by atoms with van der Waals surface area (Å²) in [5.41, 5.74) is 5.69. The molecule has 0 aliphatic carbocycles. The van der Waals surface area contributed by atoms with Crippen molar-refractivity contribution in [2.75, 3.05) is 5.75 Å². The van der Waals surface area contributed by atoms with Crippen molar-refractivity contribution in [1.29, 1.82) is 0 Å². The Morgan fingerprint density at radius 1 is 1.62 bits per heavy atom. The number of aliphatic carboxylic acids is 1. The predicted molar refractivity (Wildman–Crippen MR) is 63.2 cm³/mol. The molecule has 0 radical (unpaired) electrons. The molecule has 1 unspecified atom stereocenters. The fourth-order valence-electron chi connectivity index (χ4n) is 1.03. The monoisotopic (exact) mass is 263 g/mol. The Balaban J connectivity index is 2.52. The molecule has 1 atom stereocenters. The van der Waals surface area contributed by atoms with Gasteiger partial charge in [0.25, 0.3) is 0 Å². The Morgan fingerprint density at radius 2 is 2.31 bits per heavy atom. The molecule has 88 valence electrons. The summed E-state index contributed by atoms with van der Waals surface area (Å²) in [6, 6.07) is 3.50. The highest BCUT2D eigenvalue weighted by Crippen LogP contribution is 2.23. The van der Waals surface area contributed by atoms with Gasteiger partial charge in [-0.3, -0.25) is 4.79 Å². The number of carboxylic acid groups (broad SMARTS) is 1. The zero-order valence-corrected chi connectivity index (χ0v) is 9.89. The first-order valence-corrected chi connectivity index (χ1v) is 6.04. The van der Waals surface area contributed by atoms with Gasteiger partial charge in [0.2, 0.25) is 0 Å². The van der Waals surface area contributed by atoms with E-state index in [1.165, 1.54) is 23.9 Å². The molecule has 0 spiro atoms. The van der Waals surface area contributed by atoms with Crippen molar-refractivity contribution >= 4 is 29.3 Å². The molecular formula is C10H11ClFNO2S. The van der Waals surface area contributed by atoms with Gasteiger partial charge in [-0.25, -0.2) is 4.39 Å². The quantitative estimate of drug-likeness (QED) is 0.854. The van der Waals surface area contributed by atoms with Gasteiger partial charge >= 0.3 is 5.97 Å². The highest BCUT2D eigenvalue weighted by Gasteiger charge is 2.12. The van der Waals surface area contributed by atoms with E-state index >= 15 is 0 Å². The van der Waals surface area contributed by atoms with Gasteiger partial charge in [-0.1, -0.05) is 17.7 Å². The fourth-order valence-corrected chi connectivity index (χ4v) is 2.35. The Bertz CT molecular complexity index is 369. The van der Waals surface area contributed by atoms with Crippen LogP contribution in [0.15, 0.2) is 18.2 Å². The van der Waals surface area contributed by atoms with Gasteiger partial charge in [0, 0.05) is 22.1 Å². The van der Waals surface area contributed by atoms with Crippen LogP contribution in [0.1, 0.15) is 5.56 Å². The van der Waals surface area contributed by atoms with Crippen LogP contribution in [0.4, 0.5) is 4.39 Å². The second-order valence-electron chi connectivity index (χ2n) is 3.16. The van der Waals surface area contributed by atoms with E-state index in [1.807, 2.05) is 0 Å². The molecule has 0 aliphatic heterocycles. The number of thioether (sulfide) groups is 1. The number of nitrogens with two attached hydrogens (primary N) is 1. The second-order valence-corrected chi connectivity index (χ2v) is 4.60. The Morgan fingerprint density at radius 3 is 2.88 bits per heavy atom. The maximum atomic E-state index is 13.3. The summed E-state index contributed by atoms with van der Waals surface area (Å²) < 4.78 is 13.3.